The fourth-order valence-corrected chi connectivity index (χ4v) is 5.53. The van der Waals surface area contributed by atoms with Crippen LogP contribution in [-0.4, -0.2) is 62.7 Å². The van der Waals surface area contributed by atoms with Crippen LogP contribution in [0.1, 0.15) is 43.4 Å². The predicted octanol–water partition coefficient (Wildman–Crippen LogP) is 5.16. The normalized spacial score (nSPS) is 15.4. The van der Waals surface area contributed by atoms with Crippen LogP contribution in [0.25, 0.3) is 27.7 Å². The van der Waals surface area contributed by atoms with E-state index in [9.17, 15) is 4.79 Å². The zero-order chi connectivity index (χ0) is 30.5. The fraction of sp³-hybridized carbons (Fsp3) is 0.324. The number of ether oxygens (including phenoxy) is 1. The molecule has 3 aromatic heterocycles. The van der Waals surface area contributed by atoms with Crippen LogP contribution in [0.3, 0.4) is 0 Å². The lowest BCUT2D eigenvalue weighted by Gasteiger charge is -2.23. The van der Waals surface area contributed by atoms with Crippen molar-refractivity contribution in [1.29, 1.82) is 0 Å². The number of carbonyl (C=O) groups is 1. The third-order valence-corrected chi connectivity index (χ3v) is 7.78. The van der Waals surface area contributed by atoms with Crippen LogP contribution in [0.15, 0.2) is 73.1 Å². The van der Waals surface area contributed by atoms with Gasteiger partial charge in [0, 0.05) is 55.3 Å². The number of anilines is 2. The van der Waals surface area contributed by atoms with Gasteiger partial charge in [-0.25, -0.2) is 0 Å². The third kappa shape index (κ3) is 6.46. The quantitative estimate of drug-likeness (QED) is 0.179. The fourth-order valence-electron chi connectivity index (χ4n) is 5.53. The van der Waals surface area contributed by atoms with Crippen LogP contribution in [0.2, 0.25) is 0 Å². The van der Waals surface area contributed by atoms with E-state index in [0.29, 0.717) is 38.0 Å². The van der Waals surface area contributed by atoms with E-state index in [2.05, 4.69) is 59.2 Å². The predicted molar refractivity (Wildman–Crippen MR) is 174 cm³/mol. The highest BCUT2D eigenvalue weighted by molar-refractivity contribution is 5.97. The summed E-state index contributed by atoms with van der Waals surface area (Å²) in [7, 11) is 0. The van der Waals surface area contributed by atoms with E-state index < -0.39 is 0 Å². The van der Waals surface area contributed by atoms with Crippen molar-refractivity contribution in [2.24, 2.45) is 0 Å². The first-order valence-electron chi connectivity index (χ1n) is 15.2. The van der Waals surface area contributed by atoms with Crippen LogP contribution in [0.4, 0.5) is 11.9 Å². The van der Waals surface area contributed by atoms with Crippen molar-refractivity contribution in [2.45, 2.75) is 45.8 Å². The zero-order valence-corrected chi connectivity index (χ0v) is 25.4. The lowest BCUT2D eigenvalue weighted by molar-refractivity contribution is -0.114. The molecule has 0 amide bonds. The molecule has 0 aliphatic carbocycles. The largest absolute Gasteiger partial charge is 0.374 e. The van der Waals surface area contributed by atoms with E-state index in [1.54, 1.807) is 16.7 Å². The number of hydrogen-bond acceptors (Lipinski definition) is 9. The molecule has 6 rings (SSSR count). The van der Waals surface area contributed by atoms with E-state index >= 15 is 0 Å². The zero-order valence-electron chi connectivity index (χ0n) is 25.4. The highest BCUT2D eigenvalue weighted by atomic mass is 16.5. The Balaban J connectivity index is 1.29. The van der Waals surface area contributed by atoms with Gasteiger partial charge in [0.25, 0.3) is 0 Å². The van der Waals surface area contributed by atoms with Gasteiger partial charge in [0.2, 0.25) is 11.9 Å². The smallest absolute Gasteiger partial charge is 0.229 e. The van der Waals surface area contributed by atoms with E-state index in [4.69, 9.17) is 19.7 Å². The molecule has 10 nitrogen and oxygen atoms in total. The molecular weight excluding hydrogens is 552 g/mol. The van der Waals surface area contributed by atoms with Crippen molar-refractivity contribution in [1.82, 2.24) is 29.9 Å². The van der Waals surface area contributed by atoms with Gasteiger partial charge in [-0.1, -0.05) is 62.4 Å². The maximum absolute atomic E-state index is 12.2. The van der Waals surface area contributed by atoms with E-state index in [1.165, 1.54) is 0 Å². The molecule has 1 unspecified atom stereocenters. The van der Waals surface area contributed by atoms with Crippen molar-refractivity contribution in [3.63, 3.8) is 0 Å². The maximum atomic E-state index is 12.2. The number of nitrogens with zero attached hydrogens (tertiary/aromatic N) is 5. The summed E-state index contributed by atoms with van der Waals surface area (Å²) in [6, 6.07) is 16.4. The van der Waals surface area contributed by atoms with Gasteiger partial charge in [-0.15, -0.1) is 0 Å². The first-order chi connectivity index (χ1) is 21.5. The molecule has 5 aromatic rings. The summed E-state index contributed by atoms with van der Waals surface area (Å²) in [5, 5.41) is 17.0. The van der Waals surface area contributed by atoms with Gasteiger partial charge < -0.3 is 20.7 Å². The molecule has 2 aromatic carbocycles. The Labute approximate surface area is 257 Å². The van der Waals surface area contributed by atoms with Crippen molar-refractivity contribution in [3.05, 3.63) is 89.8 Å². The molecule has 0 bridgehead atoms. The highest BCUT2D eigenvalue weighted by Gasteiger charge is 2.18. The first-order valence-corrected chi connectivity index (χ1v) is 15.2. The number of carbonyl (C=O) groups excluding carboxylic acids is 1. The maximum Gasteiger partial charge on any atom is 0.229 e. The molecule has 226 valence electrons. The molecule has 0 spiro atoms. The van der Waals surface area contributed by atoms with Crippen LogP contribution in [-0.2, 0) is 22.5 Å². The number of fused-ring (bicyclic) bond motifs is 2. The van der Waals surface area contributed by atoms with Crippen LogP contribution < -0.4 is 16.0 Å². The Kier molecular flexibility index (Phi) is 8.90. The molecule has 1 saturated heterocycles. The number of aromatic nitrogens is 5. The Bertz CT molecular complexity index is 1810. The molecule has 0 radical (unpaired) electrons. The van der Waals surface area contributed by atoms with Crippen molar-refractivity contribution in [2.75, 3.05) is 36.9 Å². The molecule has 1 aliphatic rings. The summed E-state index contributed by atoms with van der Waals surface area (Å²) < 4.78 is 7.62. The Hall–Kier alpha value is -4.67. The summed E-state index contributed by atoms with van der Waals surface area (Å²) in [6.45, 7) is 9.59. The second-order valence-electron chi connectivity index (χ2n) is 11.3. The topological polar surface area (TPSA) is 118 Å². The summed E-state index contributed by atoms with van der Waals surface area (Å²) in [4.78, 5) is 26.6. The van der Waals surface area contributed by atoms with E-state index in [-0.39, 0.29) is 17.8 Å². The summed E-state index contributed by atoms with van der Waals surface area (Å²) >= 11 is 0. The van der Waals surface area contributed by atoms with Gasteiger partial charge in [0.1, 0.15) is 0 Å². The molecule has 0 saturated carbocycles. The number of benzene rings is 2. The average Bonchev–Trinajstić information content (AvgIpc) is 3.48. The van der Waals surface area contributed by atoms with Crippen molar-refractivity contribution >= 4 is 34.1 Å². The van der Waals surface area contributed by atoms with Crippen LogP contribution in [0, 0.1) is 0 Å². The van der Waals surface area contributed by atoms with Gasteiger partial charge in [-0.05, 0) is 41.5 Å². The molecule has 1 fully saturated rings. The highest BCUT2D eigenvalue weighted by Crippen LogP contribution is 2.31. The second-order valence-corrected chi connectivity index (χ2v) is 11.3. The SMILES string of the molecule is C/C=C/C(=O)Cc1ccc2c(-c3ccccc3CNc3nc(NCC4CNCCO4)nc4c(C(C)C)cnn34)nccc2c1. The Morgan fingerprint density at radius 2 is 2.05 bits per heavy atom. The second kappa shape index (κ2) is 13.3. The van der Waals surface area contributed by atoms with Gasteiger partial charge in [-0.2, -0.15) is 19.6 Å². The van der Waals surface area contributed by atoms with Gasteiger partial charge in [0.05, 0.1) is 24.6 Å². The minimum atomic E-state index is 0.0549. The van der Waals surface area contributed by atoms with Crippen LogP contribution >= 0.6 is 0 Å². The molecular formula is C34H38N8O2. The average molecular weight is 591 g/mol. The monoisotopic (exact) mass is 590 g/mol. The van der Waals surface area contributed by atoms with Gasteiger partial charge >= 0.3 is 0 Å². The molecule has 44 heavy (non-hydrogen) atoms. The third-order valence-electron chi connectivity index (χ3n) is 7.78. The molecule has 1 atom stereocenters. The standard InChI is InChI=1S/C34H38N8O2/c1-4-7-26(43)17-23-10-11-29-24(16-23)12-13-36-31(29)28-9-6-5-8-25(28)18-38-34-41-33(37-20-27-19-35-14-15-44-27)40-32-30(22(2)3)21-39-42(32)34/h4-13,16,21-22,27,35H,14-15,17-20H2,1-3H3,(H2,37,38,40,41)/b7-4+. The molecule has 1 aliphatic heterocycles. The molecule has 10 heteroatoms. The Morgan fingerprint density at radius 1 is 1.16 bits per heavy atom. The number of nitrogens with one attached hydrogen (secondary N) is 3. The minimum Gasteiger partial charge on any atom is -0.374 e. The first kappa shape index (κ1) is 29.4. The van der Waals surface area contributed by atoms with Crippen molar-refractivity contribution in [3.8, 4) is 11.3 Å². The van der Waals surface area contributed by atoms with E-state index in [0.717, 1.165) is 57.5 Å². The summed E-state index contributed by atoms with van der Waals surface area (Å²) in [5.41, 5.74) is 5.80. The number of pyridine rings is 1. The Morgan fingerprint density at radius 3 is 2.86 bits per heavy atom. The summed E-state index contributed by atoms with van der Waals surface area (Å²) in [6.07, 6.45) is 7.52. The number of rotatable bonds is 11. The van der Waals surface area contributed by atoms with E-state index in [1.807, 2.05) is 43.6 Å². The molecule has 4 heterocycles. The van der Waals surface area contributed by atoms with Gasteiger partial charge in [0.15, 0.2) is 11.4 Å². The minimum absolute atomic E-state index is 0.0549. The van der Waals surface area contributed by atoms with Crippen molar-refractivity contribution < 1.29 is 9.53 Å². The summed E-state index contributed by atoms with van der Waals surface area (Å²) in [5.74, 6) is 1.48. The lowest BCUT2D eigenvalue weighted by atomic mass is 9.97. The number of hydrogen-bond donors (Lipinski definition) is 3. The molecule has 3 N–H and O–H groups in total. The van der Waals surface area contributed by atoms with Gasteiger partial charge in [-0.3, -0.25) is 9.78 Å². The van der Waals surface area contributed by atoms with Crippen LogP contribution in [0.5, 0.6) is 0 Å². The number of ketones is 1. The number of allylic oxidation sites excluding steroid dienone is 2. The number of morpholine rings is 1. The lowest BCUT2D eigenvalue weighted by Crippen LogP contribution is -2.42.